The van der Waals surface area contributed by atoms with Crippen molar-refractivity contribution in [3.8, 4) is 254 Å². The Bertz CT molecular complexity index is 4680. The van der Waals surface area contributed by atoms with Gasteiger partial charge in [0.1, 0.15) is 62.4 Å². The van der Waals surface area contributed by atoms with E-state index >= 15 is 0 Å². The Kier molecular flexibility index (Phi) is 120. The smallest absolute Gasteiger partial charge is 0.321 e. The van der Waals surface area contributed by atoms with Gasteiger partial charge in [-0.25, -0.2) is 0 Å². The zero-order chi connectivity index (χ0) is 94.1. The van der Waals surface area contributed by atoms with Crippen molar-refractivity contribution >= 4 is 11.9 Å². The molecule has 0 aliphatic rings. The van der Waals surface area contributed by atoms with Crippen LogP contribution < -0.4 is 0 Å². The van der Waals surface area contributed by atoms with Gasteiger partial charge in [-0.05, 0) is 96.7 Å². The molecule has 0 fully saturated rings. The Balaban J connectivity index is -0.000000142. The van der Waals surface area contributed by atoms with E-state index in [0.717, 1.165) is 45.1 Å². The lowest BCUT2D eigenvalue weighted by atomic mass is 10.0. The number of terminal acetylenes is 5. The van der Waals surface area contributed by atoms with Crippen molar-refractivity contribution in [1.82, 2.24) is 0 Å². The van der Waals surface area contributed by atoms with E-state index < -0.39 is 17.9 Å². The second-order valence-electron chi connectivity index (χ2n) is 20.8. The summed E-state index contributed by atoms with van der Waals surface area (Å²) >= 11 is 0. The Morgan fingerprint density at radius 1 is 0.377 bits per heavy atom. The van der Waals surface area contributed by atoms with Gasteiger partial charge >= 0.3 is 11.9 Å². The van der Waals surface area contributed by atoms with E-state index in [-0.39, 0.29) is 44.2 Å². The highest BCUT2D eigenvalue weighted by Crippen LogP contribution is 2.12. The summed E-state index contributed by atoms with van der Waals surface area (Å²) in [6, 6.07) is 43.7. The average Bonchev–Trinajstić information content (AvgIpc) is 0.880. The number of nitrogens with zero attached hydrogens (tertiary/aromatic N) is 18. The Morgan fingerprint density at radius 3 is 1.20 bits per heavy atom. The molecule has 2 rings (SSSR count). The molecule has 0 bridgehead atoms. The summed E-state index contributed by atoms with van der Waals surface area (Å²) in [5.74, 6) is 47.6. The molecule has 2 aromatic carbocycles. The monoisotopic (exact) mass is 1630 g/mol. The van der Waals surface area contributed by atoms with Crippen LogP contribution in [0.5, 0.6) is 0 Å². The maximum Gasteiger partial charge on any atom is 0.321 e. The van der Waals surface area contributed by atoms with Crippen LogP contribution in [0.2, 0.25) is 0 Å². The summed E-state index contributed by atoms with van der Waals surface area (Å²) in [6.07, 6.45) is 35.2. The SMILES string of the molecule is C#CCCC#N.C#CCCCC#N.C#CCCCC(C#N)CC#N.C#Cc1cc(C#N)ccc1C#N.C#Cc1ccc(C#N)c(C#N)c1.CC#CCC#N.CC#CCC(C#N)C#N.CC#CCCC#N.CC(C#CC(C)OCCC#N)OCCC#N.CCC#CCC#N.CCCOCC#CCOCCC#N.N#CCC(=O)OCC#CCOC(=O)CC#N. The van der Waals surface area contributed by atoms with Crippen LogP contribution in [0.15, 0.2) is 36.4 Å². The Morgan fingerprint density at radius 2 is 0.820 bits per heavy atom. The van der Waals surface area contributed by atoms with Gasteiger partial charge in [0, 0.05) is 75.5 Å². The van der Waals surface area contributed by atoms with Crippen molar-refractivity contribution in [1.29, 1.82) is 94.7 Å². The number of benzene rings is 2. The minimum Gasteiger partial charge on any atom is -0.452 e. The van der Waals surface area contributed by atoms with Crippen LogP contribution in [0, 0.1) is 360 Å². The largest absolute Gasteiger partial charge is 0.452 e. The van der Waals surface area contributed by atoms with Gasteiger partial charge in [0.2, 0.25) is 0 Å². The molecule has 0 spiro atoms. The molecule has 3 unspecified atom stereocenters. The molecule has 0 saturated carbocycles. The highest BCUT2D eigenvalue weighted by Gasteiger charge is 2.06. The second-order valence-corrected chi connectivity index (χ2v) is 20.8. The van der Waals surface area contributed by atoms with E-state index in [4.69, 9.17) is 146 Å². The van der Waals surface area contributed by atoms with Gasteiger partial charge in [-0.3, -0.25) is 9.59 Å². The molecule has 3 atom stereocenters. The maximum absolute atomic E-state index is 10.6. The standard InChI is InChI=1S/C12H16N2O2.C10H8N2O4.2C10H4N2.C10H15NO2.C9H10N2.C7H6N2.3C6H7N.2C5H5N/c1-11(15-9-3-7-13)5-6-12(2)16-10-4-8-14;11-5-3-9(13)15-7-1-2-8-16-10(14)4-6-12;1-2-9-5-8(6-11)3-4-10(9)7-12;1-2-8-3-4-9(6-11)10(5-8)7-12;1-2-7-12-8-3-4-9-13-10-5-6-11;1-2-3-4-5-9(8-11)6-7-10;1-2-3-4-7(5-8)6-9;3*1-2-3-4-5-6-7;2*1-2-3-4-5-6/h11-12H,3-4,9-10H2,1-2H3;3-4,7-8H2;2*1,3-5H;2,5,7-10H2,1H3;1,9H,3-6H2;7H,4H2,1H3;4-5H2,1H3;2,5H2,1H3;1H,3-5H2;4H2,1H3;1H,3-4H2. The van der Waals surface area contributed by atoms with Crippen LogP contribution in [0.1, 0.15) is 217 Å². The third kappa shape index (κ3) is 114. The van der Waals surface area contributed by atoms with E-state index in [9.17, 15) is 9.59 Å². The van der Waals surface area contributed by atoms with E-state index in [2.05, 4.69) is 135 Å². The van der Waals surface area contributed by atoms with E-state index in [1.807, 2.05) is 112 Å². The number of esters is 2. The highest BCUT2D eigenvalue weighted by molar-refractivity contribution is 5.72. The molecule has 0 aromatic heterocycles. The summed E-state index contributed by atoms with van der Waals surface area (Å²) in [4.78, 5) is 21.3. The summed E-state index contributed by atoms with van der Waals surface area (Å²) in [5.41, 5.74) is 2.67. The van der Waals surface area contributed by atoms with Crippen molar-refractivity contribution in [2.45, 2.75) is 196 Å². The van der Waals surface area contributed by atoms with Crippen LogP contribution in [-0.2, 0) is 38.0 Å². The molecule has 616 valence electrons. The fraction of sp³-hybridized carbons (Fsp3) is 0.417. The van der Waals surface area contributed by atoms with Crippen molar-refractivity contribution in [3.05, 3.63) is 69.8 Å². The number of carbonyl (C=O) groups excluding carboxylic acids is 2. The molecule has 26 heteroatoms. The zero-order valence-corrected chi connectivity index (χ0v) is 70.0. The highest BCUT2D eigenvalue weighted by atomic mass is 16.5. The number of hydrogen-bond donors (Lipinski definition) is 0. The van der Waals surface area contributed by atoms with E-state index in [1.54, 1.807) is 57.2 Å². The summed E-state index contributed by atoms with van der Waals surface area (Å²) < 4.78 is 29.7. The lowest BCUT2D eigenvalue weighted by Gasteiger charge is -2.06. The normalized spacial score (nSPS) is 8.11. The van der Waals surface area contributed by atoms with Crippen LogP contribution >= 0.6 is 0 Å². The first-order valence-electron chi connectivity index (χ1n) is 36.4. The van der Waals surface area contributed by atoms with Gasteiger partial charge in [0.15, 0.2) is 13.2 Å². The summed E-state index contributed by atoms with van der Waals surface area (Å²) in [6.45, 7) is 15.4. The quantitative estimate of drug-likeness (QED) is 0.0506. The molecular weight excluding hydrogens is 1530 g/mol. The predicted octanol–water partition coefficient (Wildman–Crippen LogP) is 14.4. The first kappa shape index (κ1) is 126. The predicted molar refractivity (Wildman–Crippen MR) is 454 cm³/mol. The van der Waals surface area contributed by atoms with Gasteiger partial charge in [-0.15, -0.1) is 85.4 Å². The molecule has 26 nitrogen and oxygen atoms in total. The first-order valence-corrected chi connectivity index (χ1v) is 36.4. The van der Waals surface area contributed by atoms with Gasteiger partial charge in [0.05, 0.1) is 178 Å². The zero-order valence-electron chi connectivity index (χ0n) is 70.0. The van der Waals surface area contributed by atoms with Gasteiger partial charge < -0.3 is 28.4 Å². The molecular formula is C96H94N18O8. The number of nitriles is 18. The summed E-state index contributed by atoms with van der Waals surface area (Å²) in [7, 11) is 0. The third-order valence-electron chi connectivity index (χ3n) is 11.4. The molecule has 0 N–H and O–H groups in total. The topological polar surface area (TPSA) is 518 Å². The van der Waals surface area contributed by atoms with Crippen LogP contribution in [0.3, 0.4) is 0 Å². The number of carbonyl (C=O) groups is 2. The lowest BCUT2D eigenvalue weighted by molar-refractivity contribution is -0.142. The number of ether oxygens (including phenoxy) is 6. The maximum atomic E-state index is 10.6. The van der Waals surface area contributed by atoms with Gasteiger partial charge in [0.25, 0.3) is 0 Å². The molecule has 0 heterocycles. The van der Waals surface area contributed by atoms with Crippen LogP contribution in [0.25, 0.3) is 0 Å². The first-order chi connectivity index (χ1) is 59.2. The second kappa shape index (κ2) is 117. The molecule has 0 amide bonds. The molecule has 0 aliphatic heterocycles. The van der Waals surface area contributed by atoms with Gasteiger partial charge in [-0.1, -0.05) is 73.1 Å². The number of rotatable bonds is 25. The van der Waals surface area contributed by atoms with Crippen LogP contribution in [0.4, 0.5) is 0 Å². The molecule has 0 radical (unpaired) electrons. The van der Waals surface area contributed by atoms with Crippen molar-refractivity contribution < 1.29 is 38.0 Å². The minimum absolute atomic E-state index is 0.131. The number of unbranched alkanes of at least 4 members (excludes halogenated alkanes) is 5. The van der Waals surface area contributed by atoms with Crippen molar-refractivity contribution in [2.75, 3.05) is 52.9 Å². The summed E-state index contributed by atoms with van der Waals surface area (Å²) in [5, 5.41) is 148. The van der Waals surface area contributed by atoms with E-state index in [1.165, 1.54) is 12.1 Å². The minimum atomic E-state index is -0.654. The number of hydrogen-bond acceptors (Lipinski definition) is 26. The molecule has 0 aliphatic carbocycles. The fourth-order valence-corrected chi connectivity index (χ4v) is 5.81. The lowest BCUT2D eigenvalue weighted by Crippen LogP contribution is -2.10. The fourth-order valence-electron chi connectivity index (χ4n) is 5.81. The van der Waals surface area contributed by atoms with Crippen molar-refractivity contribution in [2.24, 2.45) is 11.8 Å². The average molecular weight is 1630 g/mol. The Hall–Kier alpha value is -17.2. The van der Waals surface area contributed by atoms with E-state index in [0.29, 0.717) is 150 Å². The van der Waals surface area contributed by atoms with Gasteiger partial charge in [-0.2, -0.15) is 94.7 Å². The van der Waals surface area contributed by atoms with Crippen molar-refractivity contribution in [3.63, 3.8) is 0 Å². The van der Waals surface area contributed by atoms with Crippen LogP contribution in [-0.4, -0.2) is 77.0 Å². The third-order valence-corrected chi connectivity index (χ3v) is 11.4. The molecule has 122 heavy (non-hydrogen) atoms. The molecule has 2 aromatic rings. The Labute approximate surface area is 724 Å². The molecule has 0 saturated heterocycles.